The first kappa shape index (κ1) is 10.4. The fourth-order valence-electron chi connectivity index (χ4n) is 1.50. The second-order valence-corrected chi connectivity index (χ2v) is 3.66. The summed E-state index contributed by atoms with van der Waals surface area (Å²) >= 11 is 0. The van der Waals surface area contributed by atoms with E-state index in [0.29, 0.717) is 12.1 Å². The van der Waals surface area contributed by atoms with Gasteiger partial charge in [0.1, 0.15) is 0 Å². The molecule has 0 saturated carbocycles. The summed E-state index contributed by atoms with van der Waals surface area (Å²) < 4.78 is 2.01. The van der Waals surface area contributed by atoms with Crippen LogP contribution in [0, 0.1) is 6.92 Å². The van der Waals surface area contributed by atoms with Crippen LogP contribution in [0.5, 0.6) is 0 Å². The number of hydrogen-bond acceptors (Lipinski definition) is 2. The van der Waals surface area contributed by atoms with E-state index in [1.165, 1.54) is 0 Å². The molecular formula is C12H12N2O2. The molecule has 4 heteroatoms. The third kappa shape index (κ3) is 2.11. The Labute approximate surface area is 93.2 Å². The van der Waals surface area contributed by atoms with Gasteiger partial charge >= 0.3 is 5.97 Å². The highest BCUT2D eigenvalue weighted by atomic mass is 16.4. The van der Waals surface area contributed by atoms with Crippen molar-refractivity contribution >= 4 is 5.97 Å². The summed E-state index contributed by atoms with van der Waals surface area (Å²) in [7, 11) is 0. The van der Waals surface area contributed by atoms with Gasteiger partial charge in [-0.05, 0) is 24.6 Å². The van der Waals surface area contributed by atoms with E-state index in [1.807, 2.05) is 23.6 Å². The van der Waals surface area contributed by atoms with Gasteiger partial charge in [0.15, 0.2) is 0 Å². The average molecular weight is 216 g/mol. The zero-order valence-electron chi connectivity index (χ0n) is 8.92. The van der Waals surface area contributed by atoms with Gasteiger partial charge in [-0.2, -0.15) is 0 Å². The van der Waals surface area contributed by atoms with Crippen LogP contribution in [0.1, 0.15) is 21.6 Å². The number of rotatable bonds is 3. The van der Waals surface area contributed by atoms with Crippen molar-refractivity contribution in [2.45, 2.75) is 13.5 Å². The van der Waals surface area contributed by atoms with Gasteiger partial charge in [-0.1, -0.05) is 12.1 Å². The minimum absolute atomic E-state index is 0.311. The molecule has 1 heterocycles. The first-order valence-corrected chi connectivity index (χ1v) is 4.96. The molecule has 0 spiro atoms. The Morgan fingerprint density at radius 3 is 2.56 bits per heavy atom. The number of imidazole rings is 1. The molecule has 0 aliphatic carbocycles. The fourth-order valence-corrected chi connectivity index (χ4v) is 1.50. The van der Waals surface area contributed by atoms with Crippen LogP contribution in [0.3, 0.4) is 0 Å². The Bertz CT molecular complexity index is 500. The van der Waals surface area contributed by atoms with Crippen molar-refractivity contribution in [3.63, 3.8) is 0 Å². The molecule has 0 amide bonds. The summed E-state index contributed by atoms with van der Waals surface area (Å²) in [6, 6.07) is 6.87. The Morgan fingerprint density at radius 2 is 2.06 bits per heavy atom. The van der Waals surface area contributed by atoms with Crippen molar-refractivity contribution in [1.29, 1.82) is 0 Å². The van der Waals surface area contributed by atoms with E-state index in [4.69, 9.17) is 5.11 Å². The van der Waals surface area contributed by atoms with Gasteiger partial charge in [0.25, 0.3) is 0 Å². The van der Waals surface area contributed by atoms with Crippen LogP contribution in [0.25, 0.3) is 0 Å². The van der Waals surface area contributed by atoms with E-state index >= 15 is 0 Å². The van der Waals surface area contributed by atoms with Crippen molar-refractivity contribution < 1.29 is 9.90 Å². The molecule has 0 aliphatic rings. The number of carbonyl (C=O) groups is 1. The minimum atomic E-state index is -0.898. The third-order valence-electron chi connectivity index (χ3n) is 2.47. The second kappa shape index (κ2) is 4.18. The van der Waals surface area contributed by atoms with E-state index in [9.17, 15) is 4.79 Å². The number of aromatic nitrogens is 2. The molecule has 0 fully saturated rings. The highest BCUT2D eigenvalue weighted by Gasteiger charge is 2.02. The largest absolute Gasteiger partial charge is 0.478 e. The number of hydrogen-bond donors (Lipinski definition) is 1. The molecule has 4 nitrogen and oxygen atoms in total. The Balaban J connectivity index is 2.17. The van der Waals surface area contributed by atoms with Crippen LogP contribution >= 0.6 is 0 Å². The molecule has 0 unspecified atom stereocenters. The third-order valence-corrected chi connectivity index (χ3v) is 2.47. The van der Waals surface area contributed by atoms with E-state index in [0.717, 1.165) is 11.3 Å². The molecule has 0 atom stereocenters. The lowest BCUT2D eigenvalue weighted by Gasteiger charge is -2.05. The van der Waals surface area contributed by atoms with Crippen molar-refractivity contribution in [3.05, 3.63) is 53.6 Å². The summed E-state index contributed by atoms with van der Waals surface area (Å²) in [4.78, 5) is 14.7. The quantitative estimate of drug-likeness (QED) is 0.853. The van der Waals surface area contributed by atoms with Crippen LogP contribution in [0.15, 0.2) is 36.8 Å². The van der Waals surface area contributed by atoms with E-state index < -0.39 is 5.97 Å². The lowest BCUT2D eigenvalue weighted by molar-refractivity contribution is 0.0697. The topological polar surface area (TPSA) is 55.1 Å². The predicted molar refractivity (Wildman–Crippen MR) is 59.5 cm³/mol. The molecule has 1 N–H and O–H groups in total. The number of aryl methyl sites for hydroxylation is 1. The van der Waals surface area contributed by atoms with Crippen LogP contribution in [0.4, 0.5) is 0 Å². The number of carboxylic acids is 1. The maximum Gasteiger partial charge on any atom is 0.335 e. The minimum Gasteiger partial charge on any atom is -0.478 e. The Hall–Kier alpha value is -2.10. The molecule has 82 valence electrons. The van der Waals surface area contributed by atoms with Gasteiger partial charge in [-0.15, -0.1) is 0 Å². The molecule has 0 radical (unpaired) electrons. The first-order valence-electron chi connectivity index (χ1n) is 4.96. The van der Waals surface area contributed by atoms with Crippen molar-refractivity contribution in [2.24, 2.45) is 0 Å². The normalized spacial score (nSPS) is 10.3. The zero-order valence-corrected chi connectivity index (χ0v) is 8.92. The number of aromatic carboxylic acids is 1. The van der Waals surface area contributed by atoms with Crippen LogP contribution in [-0.2, 0) is 6.54 Å². The van der Waals surface area contributed by atoms with Crippen molar-refractivity contribution in [1.82, 2.24) is 9.55 Å². The fraction of sp³-hybridized carbons (Fsp3) is 0.167. The van der Waals surface area contributed by atoms with Gasteiger partial charge < -0.3 is 9.67 Å². The Morgan fingerprint density at radius 1 is 1.38 bits per heavy atom. The van der Waals surface area contributed by atoms with E-state index in [1.54, 1.807) is 24.7 Å². The number of benzene rings is 1. The molecule has 0 saturated heterocycles. The van der Waals surface area contributed by atoms with Gasteiger partial charge in [-0.3, -0.25) is 0 Å². The molecular weight excluding hydrogens is 204 g/mol. The zero-order chi connectivity index (χ0) is 11.5. The van der Waals surface area contributed by atoms with Crippen LogP contribution in [-0.4, -0.2) is 20.6 Å². The molecule has 16 heavy (non-hydrogen) atoms. The number of carboxylic acid groups (broad SMARTS) is 1. The van der Waals surface area contributed by atoms with Crippen LogP contribution < -0.4 is 0 Å². The lowest BCUT2D eigenvalue weighted by Crippen LogP contribution is -2.01. The van der Waals surface area contributed by atoms with Gasteiger partial charge in [0.05, 0.1) is 11.9 Å². The van der Waals surface area contributed by atoms with Gasteiger partial charge in [-0.25, -0.2) is 9.78 Å². The summed E-state index contributed by atoms with van der Waals surface area (Å²) in [5.41, 5.74) is 2.46. The van der Waals surface area contributed by atoms with Crippen molar-refractivity contribution in [3.8, 4) is 0 Å². The standard InChI is InChI=1S/C12H12N2O2/c1-9-6-13-8-14(9)7-10-2-4-11(5-3-10)12(15)16/h2-6,8H,7H2,1H3,(H,15,16). The predicted octanol–water partition coefficient (Wildman–Crippen LogP) is 1.94. The highest BCUT2D eigenvalue weighted by molar-refractivity contribution is 5.87. The molecule has 2 rings (SSSR count). The number of nitrogens with zero attached hydrogens (tertiary/aromatic N) is 2. The average Bonchev–Trinajstić information content (AvgIpc) is 2.65. The smallest absolute Gasteiger partial charge is 0.335 e. The SMILES string of the molecule is Cc1cncn1Cc1ccc(C(=O)O)cc1. The summed E-state index contributed by atoms with van der Waals surface area (Å²) in [6.45, 7) is 2.70. The van der Waals surface area contributed by atoms with Gasteiger partial charge in [0.2, 0.25) is 0 Å². The molecule has 2 aromatic rings. The molecule has 0 aliphatic heterocycles. The summed E-state index contributed by atoms with van der Waals surface area (Å²) in [5, 5.41) is 8.76. The monoisotopic (exact) mass is 216 g/mol. The second-order valence-electron chi connectivity index (χ2n) is 3.66. The Kier molecular flexibility index (Phi) is 2.72. The summed E-state index contributed by atoms with van der Waals surface area (Å²) in [5.74, 6) is -0.898. The van der Waals surface area contributed by atoms with Gasteiger partial charge in [0, 0.05) is 18.4 Å². The molecule has 1 aromatic carbocycles. The first-order chi connectivity index (χ1) is 7.66. The summed E-state index contributed by atoms with van der Waals surface area (Å²) in [6.07, 6.45) is 3.56. The lowest BCUT2D eigenvalue weighted by atomic mass is 10.1. The van der Waals surface area contributed by atoms with E-state index in [-0.39, 0.29) is 0 Å². The maximum atomic E-state index is 10.7. The molecule has 0 bridgehead atoms. The maximum absolute atomic E-state index is 10.7. The van der Waals surface area contributed by atoms with Crippen LogP contribution in [0.2, 0.25) is 0 Å². The van der Waals surface area contributed by atoms with E-state index in [2.05, 4.69) is 4.98 Å². The highest BCUT2D eigenvalue weighted by Crippen LogP contribution is 2.08. The van der Waals surface area contributed by atoms with Crippen molar-refractivity contribution in [2.75, 3.05) is 0 Å². The molecule has 1 aromatic heterocycles.